The van der Waals surface area contributed by atoms with Crippen LogP contribution in [0.2, 0.25) is 0 Å². The molecule has 2 unspecified atom stereocenters. The van der Waals surface area contributed by atoms with E-state index in [-0.39, 0.29) is 5.75 Å². The van der Waals surface area contributed by atoms with E-state index in [4.69, 9.17) is 0 Å². The molecule has 1 rings (SSSR count). The molecule has 0 saturated carbocycles. The standard InChI is InChI=1S/C11H14O4S/c1-16(15)8-11(7-12,10(13)14)9-5-3-2-4-6-9/h2-6,12H,7-8H2,1H3,(H,13,14). The number of aliphatic carboxylic acids is 1. The molecule has 2 N–H and O–H groups in total. The zero-order valence-electron chi connectivity index (χ0n) is 8.92. The first kappa shape index (κ1) is 12.9. The number of rotatable bonds is 5. The highest BCUT2D eigenvalue weighted by Crippen LogP contribution is 2.25. The Morgan fingerprint density at radius 3 is 2.31 bits per heavy atom. The Balaban J connectivity index is 3.23. The fraction of sp³-hybridized carbons (Fsp3) is 0.364. The van der Waals surface area contributed by atoms with Gasteiger partial charge in [-0.15, -0.1) is 0 Å². The van der Waals surface area contributed by atoms with Crippen LogP contribution in [0.4, 0.5) is 0 Å². The van der Waals surface area contributed by atoms with Crippen molar-refractivity contribution in [3.63, 3.8) is 0 Å². The molecule has 0 fully saturated rings. The van der Waals surface area contributed by atoms with E-state index in [1.54, 1.807) is 30.3 Å². The second kappa shape index (κ2) is 5.23. The third-order valence-electron chi connectivity index (χ3n) is 2.46. The van der Waals surface area contributed by atoms with Crippen LogP contribution in [0.3, 0.4) is 0 Å². The van der Waals surface area contributed by atoms with Crippen LogP contribution in [0.25, 0.3) is 0 Å². The molecule has 5 heteroatoms. The Morgan fingerprint density at radius 2 is 1.94 bits per heavy atom. The van der Waals surface area contributed by atoms with E-state index < -0.39 is 28.8 Å². The third kappa shape index (κ3) is 2.48. The normalized spacial score (nSPS) is 16.4. The van der Waals surface area contributed by atoms with E-state index in [9.17, 15) is 19.2 Å². The maximum Gasteiger partial charge on any atom is 0.317 e. The van der Waals surface area contributed by atoms with Gasteiger partial charge in [-0.25, -0.2) is 0 Å². The highest BCUT2D eigenvalue weighted by molar-refractivity contribution is 7.84. The number of hydrogen-bond donors (Lipinski definition) is 2. The van der Waals surface area contributed by atoms with Gasteiger partial charge in [-0.3, -0.25) is 9.00 Å². The van der Waals surface area contributed by atoms with E-state index in [0.29, 0.717) is 5.56 Å². The maximum absolute atomic E-state index is 11.3. The Morgan fingerprint density at radius 1 is 1.38 bits per heavy atom. The molecule has 0 aromatic heterocycles. The van der Waals surface area contributed by atoms with Crippen LogP contribution >= 0.6 is 0 Å². The van der Waals surface area contributed by atoms with Crippen LogP contribution in [0.1, 0.15) is 5.56 Å². The lowest BCUT2D eigenvalue weighted by Gasteiger charge is -2.26. The molecule has 16 heavy (non-hydrogen) atoms. The molecular weight excluding hydrogens is 228 g/mol. The first-order chi connectivity index (χ1) is 7.53. The number of carbonyl (C=O) groups is 1. The zero-order valence-corrected chi connectivity index (χ0v) is 9.74. The number of carboxylic acids is 1. The predicted octanol–water partition coefficient (Wildman–Crippen LogP) is 0.380. The van der Waals surface area contributed by atoms with Gasteiger partial charge in [0.1, 0.15) is 5.41 Å². The molecule has 0 bridgehead atoms. The Labute approximate surface area is 96.4 Å². The third-order valence-corrected chi connectivity index (χ3v) is 3.35. The second-order valence-electron chi connectivity index (χ2n) is 3.63. The maximum atomic E-state index is 11.3. The summed E-state index contributed by atoms with van der Waals surface area (Å²) in [6, 6.07) is 8.40. The summed E-state index contributed by atoms with van der Waals surface area (Å²) in [6.45, 7) is -0.564. The molecule has 0 spiro atoms. The van der Waals surface area contributed by atoms with Gasteiger partial charge in [0.15, 0.2) is 0 Å². The first-order valence-corrected chi connectivity index (χ1v) is 6.45. The fourth-order valence-electron chi connectivity index (χ4n) is 1.58. The SMILES string of the molecule is CS(=O)CC(CO)(C(=O)O)c1ccccc1. The smallest absolute Gasteiger partial charge is 0.317 e. The van der Waals surface area contributed by atoms with Crippen molar-refractivity contribution in [2.75, 3.05) is 18.6 Å². The molecule has 0 radical (unpaired) electrons. The van der Waals surface area contributed by atoms with Crippen LogP contribution in [0, 0.1) is 0 Å². The van der Waals surface area contributed by atoms with Gasteiger partial charge in [-0.1, -0.05) is 30.3 Å². The van der Waals surface area contributed by atoms with E-state index in [0.717, 1.165) is 0 Å². The molecule has 0 aliphatic carbocycles. The van der Waals surface area contributed by atoms with Gasteiger partial charge in [0.25, 0.3) is 0 Å². The van der Waals surface area contributed by atoms with E-state index in [2.05, 4.69) is 0 Å². The van der Waals surface area contributed by atoms with Crippen LogP contribution in [0.5, 0.6) is 0 Å². The molecule has 0 aliphatic heterocycles. The predicted molar refractivity (Wildman–Crippen MR) is 61.8 cm³/mol. The molecule has 0 aliphatic rings. The molecule has 0 amide bonds. The minimum Gasteiger partial charge on any atom is -0.480 e. The number of aliphatic hydroxyl groups is 1. The summed E-state index contributed by atoms with van der Waals surface area (Å²) >= 11 is 0. The van der Waals surface area contributed by atoms with Crippen LogP contribution in [0.15, 0.2) is 30.3 Å². The topological polar surface area (TPSA) is 74.6 Å². The van der Waals surface area contributed by atoms with Gasteiger partial charge in [-0.05, 0) is 5.56 Å². The van der Waals surface area contributed by atoms with Gasteiger partial charge in [-0.2, -0.15) is 0 Å². The number of aliphatic hydroxyl groups excluding tert-OH is 1. The van der Waals surface area contributed by atoms with Gasteiger partial charge in [0.2, 0.25) is 0 Å². The number of benzene rings is 1. The van der Waals surface area contributed by atoms with Crippen molar-refractivity contribution in [3.05, 3.63) is 35.9 Å². The molecule has 2 atom stereocenters. The quantitative estimate of drug-likeness (QED) is 0.782. The molecular formula is C11H14O4S. The largest absolute Gasteiger partial charge is 0.480 e. The van der Waals surface area contributed by atoms with Gasteiger partial charge < -0.3 is 10.2 Å². The summed E-state index contributed by atoms with van der Waals surface area (Å²) in [6.07, 6.45) is 1.43. The monoisotopic (exact) mass is 242 g/mol. The summed E-state index contributed by atoms with van der Waals surface area (Å²) in [5.74, 6) is -1.25. The average Bonchev–Trinajstić information content (AvgIpc) is 2.26. The van der Waals surface area contributed by atoms with Gasteiger partial charge >= 0.3 is 5.97 Å². The Hall–Kier alpha value is -1.20. The van der Waals surface area contributed by atoms with Crippen molar-refractivity contribution in [1.29, 1.82) is 0 Å². The molecule has 1 aromatic rings. The van der Waals surface area contributed by atoms with Crippen molar-refractivity contribution >= 4 is 16.8 Å². The summed E-state index contributed by atoms with van der Waals surface area (Å²) in [5, 5.41) is 18.6. The molecule has 0 heterocycles. The number of hydrogen-bond acceptors (Lipinski definition) is 3. The minimum atomic E-state index is -1.47. The van der Waals surface area contributed by atoms with Gasteiger partial charge in [0.05, 0.1) is 6.61 Å². The molecule has 1 aromatic carbocycles. The lowest BCUT2D eigenvalue weighted by atomic mass is 9.83. The van der Waals surface area contributed by atoms with Crippen molar-refractivity contribution in [2.24, 2.45) is 0 Å². The summed E-state index contributed by atoms with van der Waals surface area (Å²) < 4.78 is 11.2. The highest BCUT2D eigenvalue weighted by Gasteiger charge is 2.40. The Bertz CT molecular complexity index is 390. The number of carboxylic acid groups (broad SMARTS) is 1. The van der Waals surface area contributed by atoms with Crippen molar-refractivity contribution in [2.45, 2.75) is 5.41 Å². The van der Waals surface area contributed by atoms with Crippen LogP contribution in [-0.4, -0.2) is 39.0 Å². The van der Waals surface area contributed by atoms with Crippen molar-refractivity contribution < 1.29 is 19.2 Å². The minimum absolute atomic E-state index is 0.0944. The van der Waals surface area contributed by atoms with Crippen LogP contribution < -0.4 is 0 Å². The summed E-state index contributed by atoms with van der Waals surface area (Å²) in [5.41, 5.74) is -0.999. The zero-order chi connectivity index (χ0) is 12.2. The molecule has 88 valence electrons. The second-order valence-corrected chi connectivity index (χ2v) is 5.06. The van der Waals surface area contributed by atoms with Crippen molar-refractivity contribution in [3.8, 4) is 0 Å². The molecule has 0 saturated heterocycles. The lowest BCUT2D eigenvalue weighted by Crippen LogP contribution is -2.44. The Kier molecular flexibility index (Phi) is 4.20. The van der Waals surface area contributed by atoms with E-state index in [1.807, 2.05) is 0 Å². The van der Waals surface area contributed by atoms with Crippen LogP contribution in [-0.2, 0) is 21.0 Å². The summed E-state index contributed by atoms with van der Waals surface area (Å²) in [7, 11) is -1.30. The van der Waals surface area contributed by atoms with Gasteiger partial charge in [0, 0.05) is 22.8 Å². The first-order valence-electron chi connectivity index (χ1n) is 4.73. The van der Waals surface area contributed by atoms with E-state index in [1.165, 1.54) is 6.26 Å². The summed E-state index contributed by atoms with van der Waals surface area (Å²) in [4.78, 5) is 11.3. The molecule has 4 nitrogen and oxygen atoms in total. The highest BCUT2D eigenvalue weighted by atomic mass is 32.2. The van der Waals surface area contributed by atoms with E-state index >= 15 is 0 Å². The average molecular weight is 242 g/mol. The lowest BCUT2D eigenvalue weighted by molar-refractivity contribution is -0.144. The van der Waals surface area contributed by atoms with Crippen molar-refractivity contribution in [1.82, 2.24) is 0 Å². The fourth-order valence-corrected chi connectivity index (χ4v) is 2.65.